The summed E-state index contributed by atoms with van der Waals surface area (Å²) in [4.78, 5) is 0. The van der Waals surface area contributed by atoms with Crippen LogP contribution >= 0.6 is 0 Å². The fraction of sp³-hybridized carbons (Fsp3) is 0.500. The first kappa shape index (κ1) is 14.1. The highest BCUT2D eigenvalue weighted by Crippen LogP contribution is 2.07. The van der Waals surface area contributed by atoms with Crippen LogP contribution in [-0.2, 0) is 16.3 Å². The van der Waals surface area contributed by atoms with Gasteiger partial charge in [-0.25, -0.2) is 12.8 Å². The Bertz CT molecular complexity index is 442. The number of sulfone groups is 1. The maximum atomic E-state index is 12.7. The van der Waals surface area contributed by atoms with Crippen LogP contribution in [0.4, 0.5) is 4.39 Å². The molecule has 0 radical (unpaired) electrons. The minimum atomic E-state index is -3.01. The minimum Gasteiger partial charge on any atom is -0.313 e. The topological polar surface area (TPSA) is 46.2 Å². The predicted octanol–water partition coefficient (Wildman–Crippen LogP) is 1.39. The lowest BCUT2D eigenvalue weighted by Gasteiger charge is -2.16. The maximum absolute atomic E-state index is 12.7. The lowest BCUT2D eigenvalue weighted by Crippen LogP contribution is -2.37. The first-order valence-electron chi connectivity index (χ1n) is 5.56. The van der Waals surface area contributed by atoms with E-state index in [4.69, 9.17) is 0 Å². The molecule has 1 rings (SSSR count). The van der Waals surface area contributed by atoms with Crippen molar-refractivity contribution in [3.8, 4) is 0 Å². The first-order valence-corrected chi connectivity index (χ1v) is 7.62. The Labute approximate surface area is 102 Å². The lowest BCUT2D eigenvalue weighted by molar-refractivity contribution is 0.544. The second kappa shape index (κ2) is 6.12. The smallest absolute Gasteiger partial charge is 0.148 e. The average molecular weight is 259 g/mol. The highest BCUT2D eigenvalue weighted by molar-refractivity contribution is 7.90. The van der Waals surface area contributed by atoms with Gasteiger partial charge >= 0.3 is 0 Å². The summed E-state index contributed by atoms with van der Waals surface area (Å²) in [6.07, 6.45) is 1.81. The highest BCUT2D eigenvalue weighted by atomic mass is 32.2. The van der Waals surface area contributed by atoms with Crippen molar-refractivity contribution < 1.29 is 12.8 Å². The number of nitrogens with one attached hydrogen (secondary N) is 1. The molecule has 0 saturated carbocycles. The van der Waals surface area contributed by atoms with E-state index < -0.39 is 9.84 Å². The fourth-order valence-corrected chi connectivity index (χ4v) is 2.72. The fourth-order valence-electron chi connectivity index (χ4n) is 1.75. The van der Waals surface area contributed by atoms with Crippen LogP contribution in [0.3, 0.4) is 0 Å². The summed E-state index contributed by atoms with van der Waals surface area (Å²) in [6.45, 7) is 2.64. The van der Waals surface area contributed by atoms with Crippen molar-refractivity contribution in [2.45, 2.75) is 19.4 Å². The van der Waals surface area contributed by atoms with E-state index in [2.05, 4.69) is 5.32 Å². The number of rotatable bonds is 6. The molecular weight excluding hydrogens is 241 g/mol. The van der Waals surface area contributed by atoms with Gasteiger partial charge in [0.25, 0.3) is 0 Å². The summed E-state index contributed by atoms with van der Waals surface area (Å²) in [7, 11) is -3.01. The van der Waals surface area contributed by atoms with Gasteiger partial charge in [-0.2, -0.15) is 0 Å². The van der Waals surface area contributed by atoms with Crippen LogP contribution in [0, 0.1) is 5.82 Å². The zero-order valence-electron chi connectivity index (χ0n) is 10.1. The SMILES string of the molecule is CCNC(Cc1ccc(F)cc1)CS(C)(=O)=O. The van der Waals surface area contributed by atoms with Crippen molar-refractivity contribution in [1.82, 2.24) is 5.32 Å². The Morgan fingerprint density at radius 2 is 1.88 bits per heavy atom. The number of hydrogen-bond acceptors (Lipinski definition) is 3. The van der Waals surface area contributed by atoms with Crippen LogP contribution < -0.4 is 5.32 Å². The monoisotopic (exact) mass is 259 g/mol. The van der Waals surface area contributed by atoms with E-state index in [1.165, 1.54) is 18.4 Å². The second-order valence-corrected chi connectivity index (χ2v) is 6.36. The summed E-state index contributed by atoms with van der Waals surface area (Å²) < 4.78 is 35.3. The minimum absolute atomic E-state index is 0.0955. The zero-order valence-corrected chi connectivity index (χ0v) is 10.9. The van der Waals surface area contributed by atoms with Gasteiger partial charge in [0, 0.05) is 12.3 Å². The Morgan fingerprint density at radius 1 is 1.29 bits per heavy atom. The zero-order chi connectivity index (χ0) is 12.9. The van der Waals surface area contributed by atoms with E-state index in [0.717, 1.165) is 5.56 Å². The van der Waals surface area contributed by atoms with Gasteiger partial charge in [0.05, 0.1) is 5.75 Å². The van der Waals surface area contributed by atoms with Crippen molar-refractivity contribution in [3.05, 3.63) is 35.6 Å². The second-order valence-electron chi connectivity index (χ2n) is 4.18. The molecule has 0 fully saturated rings. The Hall–Kier alpha value is -0.940. The molecule has 0 bridgehead atoms. The lowest BCUT2D eigenvalue weighted by atomic mass is 10.1. The molecule has 0 aliphatic rings. The largest absolute Gasteiger partial charge is 0.313 e. The Balaban J connectivity index is 2.69. The summed E-state index contributed by atoms with van der Waals surface area (Å²) in [5, 5.41) is 3.13. The van der Waals surface area contributed by atoms with Gasteiger partial charge < -0.3 is 5.32 Å². The molecule has 5 heteroatoms. The van der Waals surface area contributed by atoms with Crippen LogP contribution in [0.25, 0.3) is 0 Å². The van der Waals surface area contributed by atoms with E-state index in [0.29, 0.717) is 13.0 Å². The van der Waals surface area contributed by atoms with Gasteiger partial charge in [-0.1, -0.05) is 19.1 Å². The molecule has 0 aliphatic carbocycles. The molecule has 17 heavy (non-hydrogen) atoms. The molecular formula is C12H18FNO2S. The normalized spacial score (nSPS) is 13.6. The van der Waals surface area contributed by atoms with Crippen molar-refractivity contribution in [1.29, 1.82) is 0 Å². The average Bonchev–Trinajstić information content (AvgIpc) is 2.19. The molecule has 1 N–H and O–H groups in total. The molecule has 3 nitrogen and oxygen atoms in total. The van der Waals surface area contributed by atoms with E-state index in [1.54, 1.807) is 12.1 Å². The summed E-state index contributed by atoms with van der Waals surface area (Å²) in [5.41, 5.74) is 0.931. The third-order valence-corrected chi connectivity index (χ3v) is 3.40. The van der Waals surface area contributed by atoms with Crippen molar-refractivity contribution in [3.63, 3.8) is 0 Å². The number of benzene rings is 1. The molecule has 0 aromatic heterocycles. The number of halogens is 1. The van der Waals surface area contributed by atoms with Crippen molar-refractivity contribution in [2.75, 3.05) is 18.6 Å². The summed E-state index contributed by atoms with van der Waals surface area (Å²) >= 11 is 0. The van der Waals surface area contributed by atoms with Crippen LogP contribution in [0.15, 0.2) is 24.3 Å². The van der Waals surface area contributed by atoms with Gasteiger partial charge in [-0.05, 0) is 30.7 Å². The standard InChI is InChI=1S/C12H18FNO2S/c1-3-14-12(9-17(2,15)16)8-10-4-6-11(13)7-5-10/h4-7,12,14H,3,8-9H2,1-2H3. The van der Waals surface area contributed by atoms with Crippen molar-refractivity contribution in [2.24, 2.45) is 0 Å². The van der Waals surface area contributed by atoms with Crippen LogP contribution in [0.5, 0.6) is 0 Å². The Kier molecular flexibility index (Phi) is 5.08. The molecule has 1 atom stereocenters. The van der Waals surface area contributed by atoms with Gasteiger partial charge in [-0.15, -0.1) is 0 Å². The highest BCUT2D eigenvalue weighted by Gasteiger charge is 2.14. The quantitative estimate of drug-likeness (QED) is 0.840. The summed E-state index contributed by atoms with van der Waals surface area (Å²) in [5.74, 6) is -0.185. The Morgan fingerprint density at radius 3 is 2.35 bits per heavy atom. The molecule has 0 spiro atoms. The van der Waals surface area contributed by atoms with Crippen LogP contribution in [0.1, 0.15) is 12.5 Å². The molecule has 1 aromatic carbocycles. The maximum Gasteiger partial charge on any atom is 0.148 e. The molecule has 0 aliphatic heterocycles. The van der Waals surface area contributed by atoms with E-state index in [9.17, 15) is 12.8 Å². The first-order chi connectivity index (χ1) is 7.90. The molecule has 1 unspecified atom stereocenters. The third kappa shape index (κ3) is 5.79. The van der Waals surface area contributed by atoms with Gasteiger partial charge in [0.1, 0.15) is 15.7 Å². The van der Waals surface area contributed by atoms with E-state index >= 15 is 0 Å². The van der Waals surface area contributed by atoms with Crippen LogP contribution in [0.2, 0.25) is 0 Å². The molecule has 96 valence electrons. The van der Waals surface area contributed by atoms with Gasteiger partial charge in [-0.3, -0.25) is 0 Å². The van der Waals surface area contributed by atoms with Gasteiger partial charge in [0.2, 0.25) is 0 Å². The molecule has 0 saturated heterocycles. The van der Waals surface area contributed by atoms with E-state index in [1.807, 2.05) is 6.92 Å². The molecule has 1 aromatic rings. The number of hydrogen-bond donors (Lipinski definition) is 1. The number of likely N-dealkylation sites (N-methyl/N-ethyl adjacent to an activating group) is 1. The predicted molar refractivity (Wildman–Crippen MR) is 67.3 cm³/mol. The van der Waals surface area contributed by atoms with Gasteiger partial charge in [0.15, 0.2) is 0 Å². The van der Waals surface area contributed by atoms with Crippen LogP contribution in [-0.4, -0.2) is 33.0 Å². The molecule has 0 amide bonds. The summed E-state index contributed by atoms with van der Waals surface area (Å²) in [6, 6.07) is 6.02. The van der Waals surface area contributed by atoms with E-state index in [-0.39, 0.29) is 17.6 Å². The van der Waals surface area contributed by atoms with Crippen molar-refractivity contribution >= 4 is 9.84 Å². The third-order valence-electron chi connectivity index (χ3n) is 2.39. The molecule has 0 heterocycles.